The summed E-state index contributed by atoms with van der Waals surface area (Å²) in [6, 6.07) is 7.13. The van der Waals surface area contributed by atoms with Gasteiger partial charge in [0.1, 0.15) is 0 Å². The van der Waals surface area contributed by atoms with E-state index in [1.165, 1.54) is 4.31 Å². The number of hydrogen-bond acceptors (Lipinski definition) is 2. The van der Waals surface area contributed by atoms with E-state index in [0.717, 1.165) is 5.56 Å². The van der Waals surface area contributed by atoms with Gasteiger partial charge in [0.2, 0.25) is 10.0 Å². The van der Waals surface area contributed by atoms with Crippen LogP contribution in [-0.2, 0) is 10.0 Å². The predicted molar refractivity (Wildman–Crippen MR) is 54.5 cm³/mol. The van der Waals surface area contributed by atoms with Crippen molar-refractivity contribution in [2.45, 2.75) is 24.8 Å². The Morgan fingerprint density at radius 1 is 1.29 bits per heavy atom. The predicted octanol–water partition coefficient (Wildman–Crippen LogP) is 1.39. The highest BCUT2D eigenvalue weighted by molar-refractivity contribution is 7.89. The van der Waals surface area contributed by atoms with Gasteiger partial charge in [-0.1, -0.05) is 17.7 Å². The number of nitrogens with zero attached hydrogens (tertiary/aromatic N) is 1. The van der Waals surface area contributed by atoms with Crippen LogP contribution in [0.1, 0.15) is 12.5 Å². The first-order chi connectivity index (χ1) is 6.51. The molecule has 0 saturated carbocycles. The van der Waals surface area contributed by atoms with Gasteiger partial charge in [0.15, 0.2) is 0 Å². The van der Waals surface area contributed by atoms with Crippen LogP contribution < -0.4 is 0 Å². The molecule has 0 bridgehead atoms. The molecule has 76 valence electrons. The second-order valence-corrected chi connectivity index (χ2v) is 5.63. The van der Waals surface area contributed by atoms with E-state index in [2.05, 4.69) is 0 Å². The SMILES string of the molecule is Cc1ccc(S(=O)(=O)N2C[C@H]2C)cc1. The van der Waals surface area contributed by atoms with Crippen LogP contribution in [0.25, 0.3) is 0 Å². The summed E-state index contributed by atoms with van der Waals surface area (Å²) in [5.74, 6) is 0. The van der Waals surface area contributed by atoms with Crippen LogP contribution in [-0.4, -0.2) is 25.3 Å². The van der Waals surface area contributed by atoms with Crippen molar-refractivity contribution in [2.24, 2.45) is 0 Å². The molecule has 1 aromatic carbocycles. The van der Waals surface area contributed by atoms with E-state index in [9.17, 15) is 8.42 Å². The second kappa shape index (κ2) is 3.07. The number of sulfonamides is 1. The zero-order chi connectivity index (χ0) is 10.3. The van der Waals surface area contributed by atoms with Crippen molar-refractivity contribution < 1.29 is 8.42 Å². The topological polar surface area (TPSA) is 37.1 Å². The molecule has 0 radical (unpaired) electrons. The monoisotopic (exact) mass is 211 g/mol. The van der Waals surface area contributed by atoms with E-state index in [1.54, 1.807) is 12.1 Å². The maximum atomic E-state index is 11.8. The molecule has 14 heavy (non-hydrogen) atoms. The smallest absolute Gasteiger partial charge is 0.207 e. The van der Waals surface area contributed by atoms with Crippen molar-refractivity contribution >= 4 is 10.0 Å². The highest BCUT2D eigenvalue weighted by Gasteiger charge is 2.40. The minimum absolute atomic E-state index is 0.168. The summed E-state index contributed by atoms with van der Waals surface area (Å²) in [7, 11) is -3.20. The lowest BCUT2D eigenvalue weighted by atomic mass is 10.2. The van der Waals surface area contributed by atoms with Crippen LogP contribution in [0.2, 0.25) is 0 Å². The Bertz CT molecular complexity index is 436. The molecule has 2 rings (SSSR count). The molecule has 1 fully saturated rings. The van der Waals surface area contributed by atoms with Crippen LogP contribution >= 0.6 is 0 Å². The summed E-state index contributed by atoms with van der Waals surface area (Å²) in [4.78, 5) is 0.396. The van der Waals surface area contributed by atoms with Gasteiger partial charge in [-0.2, -0.15) is 4.31 Å². The molecule has 1 aliphatic heterocycles. The lowest BCUT2D eigenvalue weighted by molar-refractivity contribution is 0.555. The summed E-state index contributed by atoms with van der Waals surface area (Å²) >= 11 is 0. The highest BCUT2D eigenvalue weighted by Crippen LogP contribution is 2.27. The fraction of sp³-hybridized carbons (Fsp3) is 0.400. The summed E-state index contributed by atoms with van der Waals surface area (Å²) in [6.45, 7) is 4.50. The van der Waals surface area contributed by atoms with Gasteiger partial charge in [-0.05, 0) is 26.0 Å². The molecule has 3 nitrogen and oxygen atoms in total. The van der Waals surface area contributed by atoms with E-state index in [4.69, 9.17) is 0 Å². The number of aryl methyl sites for hydroxylation is 1. The quantitative estimate of drug-likeness (QED) is 0.693. The molecular formula is C10H13NO2S. The van der Waals surface area contributed by atoms with Gasteiger partial charge < -0.3 is 0 Å². The largest absolute Gasteiger partial charge is 0.243 e. The summed E-state index contributed by atoms with van der Waals surface area (Å²) < 4.78 is 25.2. The molecule has 4 heteroatoms. The minimum atomic E-state index is -3.20. The molecule has 0 amide bonds. The van der Waals surface area contributed by atoms with Gasteiger partial charge in [-0.15, -0.1) is 0 Å². The first kappa shape index (κ1) is 9.68. The Labute approximate surface area is 84.4 Å². The zero-order valence-corrected chi connectivity index (χ0v) is 9.08. The molecule has 0 aliphatic carbocycles. The van der Waals surface area contributed by atoms with Gasteiger partial charge in [0.05, 0.1) is 4.90 Å². The van der Waals surface area contributed by atoms with E-state index >= 15 is 0 Å². The molecule has 0 aromatic heterocycles. The average Bonchev–Trinajstić information content (AvgIpc) is 2.84. The van der Waals surface area contributed by atoms with Crippen LogP contribution in [0.5, 0.6) is 0 Å². The van der Waals surface area contributed by atoms with Crippen LogP contribution in [0.15, 0.2) is 29.2 Å². The molecule has 1 heterocycles. The molecule has 1 saturated heterocycles. The maximum Gasteiger partial charge on any atom is 0.243 e. The van der Waals surface area contributed by atoms with Gasteiger partial charge in [-0.25, -0.2) is 8.42 Å². The van der Waals surface area contributed by atoms with Crippen LogP contribution in [0, 0.1) is 6.92 Å². The molecule has 2 atom stereocenters. The molecule has 1 aromatic rings. The third-order valence-electron chi connectivity index (χ3n) is 2.43. The van der Waals surface area contributed by atoms with E-state index < -0.39 is 10.0 Å². The molecular weight excluding hydrogens is 198 g/mol. The number of benzene rings is 1. The second-order valence-electron chi connectivity index (χ2n) is 3.74. The van der Waals surface area contributed by atoms with Crippen LogP contribution in [0.4, 0.5) is 0 Å². The fourth-order valence-corrected chi connectivity index (χ4v) is 3.03. The zero-order valence-electron chi connectivity index (χ0n) is 8.27. The normalized spacial score (nSPS) is 26.1. The molecule has 1 aliphatic rings. The van der Waals surface area contributed by atoms with Crippen molar-refractivity contribution in [3.63, 3.8) is 0 Å². The summed E-state index contributed by atoms with van der Waals surface area (Å²) in [5, 5.41) is 0. The highest BCUT2D eigenvalue weighted by atomic mass is 32.2. The Hall–Kier alpha value is -0.870. The van der Waals surface area contributed by atoms with Gasteiger partial charge in [-0.3, -0.25) is 0 Å². The van der Waals surface area contributed by atoms with Crippen molar-refractivity contribution in [3.05, 3.63) is 29.8 Å². The Morgan fingerprint density at radius 3 is 2.21 bits per heavy atom. The van der Waals surface area contributed by atoms with E-state index in [-0.39, 0.29) is 6.04 Å². The lowest BCUT2D eigenvalue weighted by Gasteiger charge is -2.04. The van der Waals surface area contributed by atoms with Crippen molar-refractivity contribution in [2.75, 3.05) is 6.54 Å². The lowest BCUT2D eigenvalue weighted by Crippen LogP contribution is -2.13. The first-order valence-electron chi connectivity index (χ1n) is 4.60. The summed E-state index contributed by atoms with van der Waals surface area (Å²) in [5.41, 5.74) is 1.07. The molecule has 0 spiro atoms. The van der Waals surface area contributed by atoms with Crippen LogP contribution in [0.3, 0.4) is 0 Å². The van der Waals surface area contributed by atoms with Gasteiger partial charge in [0, 0.05) is 12.6 Å². The maximum absolute atomic E-state index is 11.8. The Balaban J connectivity index is 2.35. The summed E-state index contributed by atoms with van der Waals surface area (Å²) in [6.07, 6.45) is 0. The third kappa shape index (κ3) is 1.55. The van der Waals surface area contributed by atoms with Crippen molar-refractivity contribution in [1.29, 1.82) is 0 Å². The number of hydrogen-bond donors (Lipinski definition) is 0. The minimum Gasteiger partial charge on any atom is -0.207 e. The van der Waals surface area contributed by atoms with E-state index in [1.807, 2.05) is 26.0 Å². The Kier molecular flexibility index (Phi) is 2.12. The average molecular weight is 211 g/mol. The molecule has 0 N–H and O–H groups in total. The van der Waals surface area contributed by atoms with E-state index in [0.29, 0.717) is 11.4 Å². The van der Waals surface area contributed by atoms with Crippen molar-refractivity contribution in [3.8, 4) is 0 Å². The van der Waals surface area contributed by atoms with Crippen molar-refractivity contribution in [1.82, 2.24) is 4.31 Å². The van der Waals surface area contributed by atoms with Gasteiger partial charge >= 0.3 is 0 Å². The molecule has 1 unspecified atom stereocenters. The number of rotatable bonds is 2. The fourth-order valence-electron chi connectivity index (χ4n) is 1.39. The standard InChI is InChI=1S/C10H13NO2S/c1-8-3-5-10(6-4-8)14(12,13)11-7-9(11)2/h3-6,9H,7H2,1-2H3/t9-,11?/m1/s1. The third-order valence-corrected chi connectivity index (χ3v) is 4.42. The Morgan fingerprint density at radius 2 is 1.79 bits per heavy atom. The van der Waals surface area contributed by atoms with Gasteiger partial charge in [0.25, 0.3) is 0 Å². The first-order valence-corrected chi connectivity index (χ1v) is 6.04.